The van der Waals surface area contributed by atoms with Crippen LogP contribution in [0.4, 0.5) is 17.1 Å². The van der Waals surface area contributed by atoms with Crippen LogP contribution in [0.15, 0.2) is 103 Å². The lowest BCUT2D eigenvalue weighted by Crippen LogP contribution is -2.30. The van der Waals surface area contributed by atoms with Crippen LogP contribution in [-0.4, -0.2) is 12.1 Å². The second-order valence-electron chi connectivity index (χ2n) is 11.6. The summed E-state index contributed by atoms with van der Waals surface area (Å²) < 4.78 is 0. The Morgan fingerprint density at radius 3 is 2.20 bits per heavy atom. The number of para-hydroxylation sites is 2. The predicted octanol–water partition coefficient (Wildman–Crippen LogP) is 9.66. The largest absolute Gasteiger partial charge is 0.310 e. The van der Waals surface area contributed by atoms with E-state index >= 15 is 0 Å². The molecule has 1 heterocycles. The maximum atomic E-state index is 13.4. The maximum Gasteiger partial charge on any atom is 0.189 e. The molecule has 5 aromatic carbocycles. The molecule has 1 aliphatic heterocycles. The molecule has 0 aromatic heterocycles. The van der Waals surface area contributed by atoms with Crippen molar-refractivity contribution >= 4 is 46.0 Å². The summed E-state index contributed by atoms with van der Waals surface area (Å²) in [5, 5.41) is 2.26. The third kappa shape index (κ3) is 4.48. The number of Topliss-reactive ketones (excluding diaryl/α,β-unsaturated/α-hetero) is 1. The minimum Gasteiger partial charge on any atom is -0.310 e. The summed E-state index contributed by atoms with van der Waals surface area (Å²) in [6, 6.07) is 33.7. The number of allylic oxidation sites excluding steroid dienone is 1. The highest BCUT2D eigenvalue weighted by atomic mass is 16.1. The number of anilines is 3. The second kappa shape index (κ2) is 10.0. The van der Waals surface area contributed by atoms with Gasteiger partial charge in [-0.15, -0.1) is 0 Å². The number of benzene rings is 5. The van der Waals surface area contributed by atoms with Crippen molar-refractivity contribution in [2.24, 2.45) is 0 Å². The van der Waals surface area contributed by atoms with E-state index in [1.165, 1.54) is 22.5 Å². The van der Waals surface area contributed by atoms with Crippen LogP contribution in [-0.2, 0) is 5.41 Å². The number of aldehydes is 1. The third-order valence-electron chi connectivity index (χ3n) is 8.50. The van der Waals surface area contributed by atoms with Gasteiger partial charge in [0.15, 0.2) is 12.1 Å². The quantitative estimate of drug-likeness (QED) is 0.128. The van der Waals surface area contributed by atoms with E-state index in [1.807, 2.05) is 39.0 Å². The van der Waals surface area contributed by atoms with Crippen LogP contribution < -0.4 is 4.90 Å². The molecule has 0 saturated carbocycles. The first-order chi connectivity index (χ1) is 19.7. The second-order valence-corrected chi connectivity index (χ2v) is 11.6. The molecule has 0 fully saturated rings. The van der Waals surface area contributed by atoms with Gasteiger partial charge in [-0.3, -0.25) is 9.59 Å². The molecule has 1 aliphatic rings. The Bertz CT molecular complexity index is 1880. The molecular weight excluding hydrogens is 502 g/mol. The fourth-order valence-corrected chi connectivity index (χ4v) is 6.07. The minimum atomic E-state index is -0.197. The number of fused-ring (bicyclic) bond motifs is 3. The minimum absolute atomic E-state index is 0.128. The molecule has 0 saturated heterocycles. The zero-order valence-electron chi connectivity index (χ0n) is 24.2. The first kappa shape index (κ1) is 26.5. The van der Waals surface area contributed by atoms with E-state index in [4.69, 9.17) is 0 Å². The van der Waals surface area contributed by atoms with Crippen molar-refractivity contribution < 1.29 is 9.59 Å². The van der Waals surface area contributed by atoms with Gasteiger partial charge in [0.1, 0.15) is 0 Å². The van der Waals surface area contributed by atoms with Crippen LogP contribution in [0.5, 0.6) is 0 Å². The molecule has 0 amide bonds. The Hall–Kier alpha value is -4.76. The van der Waals surface area contributed by atoms with Crippen LogP contribution in [0.3, 0.4) is 0 Å². The van der Waals surface area contributed by atoms with E-state index in [1.54, 1.807) is 6.07 Å². The molecule has 0 N–H and O–H groups in total. The topological polar surface area (TPSA) is 37.4 Å². The number of carbonyl (C=O) groups is 2. The van der Waals surface area contributed by atoms with Gasteiger partial charge in [-0.05, 0) is 120 Å². The Morgan fingerprint density at radius 1 is 0.732 bits per heavy atom. The molecule has 0 bridgehead atoms. The molecule has 0 unspecified atom stereocenters. The van der Waals surface area contributed by atoms with Crippen LogP contribution in [0.25, 0.3) is 16.8 Å². The van der Waals surface area contributed by atoms with E-state index < -0.39 is 0 Å². The summed E-state index contributed by atoms with van der Waals surface area (Å²) in [4.78, 5) is 27.5. The first-order valence-electron chi connectivity index (χ1n) is 14.0. The average Bonchev–Trinajstić information content (AvgIpc) is 2.98. The van der Waals surface area contributed by atoms with Crippen molar-refractivity contribution in [1.82, 2.24) is 0 Å². The fourth-order valence-electron chi connectivity index (χ4n) is 6.07. The lowest BCUT2D eigenvalue weighted by Gasteiger charge is -2.42. The van der Waals surface area contributed by atoms with Crippen LogP contribution in [0.1, 0.15) is 69.3 Å². The highest BCUT2D eigenvalue weighted by Gasteiger charge is 2.36. The zero-order valence-corrected chi connectivity index (χ0v) is 24.2. The van der Waals surface area contributed by atoms with Crippen molar-refractivity contribution in [3.63, 3.8) is 0 Å². The van der Waals surface area contributed by atoms with Gasteiger partial charge in [0.05, 0.1) is 11.4 Å². The Labute approximate surface area is 241 Å². The van der Waals surface area contributed by atoms with Crippen LogP contribution in [0.2, 0.25) is 0 Å². The van der Waals surface area contributed by atoms with Crippen molar-refractivity contribution in [3.05, 3.63) is 142 Å². The number of rotatable bonds is 5. The zero-order chi connectivity index (χ0) is 28.9. The van der Waals surface area contributed by atoms with E-state index in [0.29, 0.717) is 16.7 Å². The van der Waals surface area contributed by atoms with Gasteiger partial charge in [0.25, 0.3) is 0 Å². The van der Waals surface area contributed by atoms with Gasteiger partial charge >= 0.3 is 0 Å². The summed E-state index contributed by atoms with van der Waals surface area (Å²) >= 11 is 0. The van der Waals surface area contributed by atoms with E-state index in [-0.39, 0.29) is 11.2 Å². The summed E-state index contributed by atoms with van der Waals surface area (Å²) in [5.74, 6) is -0.128. The Kier molecular flexibility index (Phi) is 6.46. The van der Waals surface area contributed by atoms with Crippen molar-refractivity contribution in [3.8, 4) is 0 Å². The van der Waals surface area contributed by atoms with E-state index in [0.717, 1.165) is 39.4 Å². The number of aryl methyl sites for hydroxylation is 2. The third-order valence-corrected chi connectivity index (χ3v) is 8.50. The SMILES string of the molecule is C/C(=C/c1ccc2cc3c(cc2c1)C(C)(C)c1ccccc1N3c1ccccc1)C(=O)c1cc(C)c(C)cc1C=O. The predicted molar refractivity (Wildman–Crippen MR) is 170 cm³/mol. The van der Waals surface area contributed by atoms with Crippen molar-refractivity contribution in [2.75, 3.05) is 4.90 Å². The smallest absolute Gasteiger partial charge is 0.189 e. The molecule has 5 aromatic rings. The molecule has 202 valence electrons. The standard InChI is InChI=1S/C38H33NO2/c1-24-18-30(23-40)32(19-25(24)2)37(41)26(3)17-27-15-16-28-22-36-34(21-29(28)20-27)38(4,5)33-13-9-10-14-35(33)39(36)31-11-7-6-8-12-31/h6-23H,1-5H3/b26-17-. The molecular formula is C38H33NO2. The van der Waals surface area contributed by atoms with E-state index in [9.17, 15) is 9.59 Å². The van der Waals surface area contributed by atoms with Gasteiger partial charge in [-0.25, -0.2) is 0 Å². The summed E-state index contributed by atoms with van der Waals surface area (Å²) in [6.07, 6.45) is 2.69. The van der Waals surface area contributed by atoms with E-state index in [2.05, 4.69) is 97.6 Å². The highest BCUT2D eigenvalue weighted by molar-refractivity contribution is 6.14. The van der Waals surface area contributed by atoms with Gasteiger partial charge in [-0.2, -0.15) is 0 Å². The van der Waals surface area contributed by atoms with Crippen molar-refractivity contribution in [2.45, 2.75) is 40.0 Å². The number of hydrogen-bond donors (Lipinski definition) is 0. The molecule has 0 radical (unpaired) electrons. The summed E-state index contributed by atoms with van der Waals surface area (Å²) in [7, 11) is 0. The summed E-state index contributed by atoms with van der Waals surface area (Å²) in [6.45, 7) is 10.3. The highest BCUT2D eigenvalue weighted by Crippen LogP contribution is 2.52. The average molecular weight is 536 g/mol. The molecule has 0 atom stereocenters. The van der Waals surface area contributed by atoms with Gasteiger partial charge in [0.2, 0.25) is 0 Å². The lowest BCUT2D eigenvalue weighted by molar-refractivity contribution is 0.102. The molecule has 0 spiro atoms. The molecule has 0 aliphatic carbocycles. The lowest BCUT2D eigenvalue weighted by atomic mass is 9.73. The monoisotopic (exact) mass is 535 g/mol. The number of hydrogen-bond acceptors (Lipinski definition) is 3. The number of carbonyl (C=O) groups excluding carboxylic acids is 2. The van der Waals surface area contributed by atoms with Crippen LogP contribution in [0, 0.1) is 13.8 Å². The van der Waals surface area contributed by atoms with Crippen molar-refractivity contribution in [1.29, 1.82) is 0 Å². The fraction of sp³-hybridized carbons (Fsp3) is 0.158. The molecule has 3 nitrogen and oxygen atoms in total. The summed E-state index contributed by atoms with van der Waals surface area (Å²) in [5.41, 5.74) is 10.3. The first-order valence-corrected chi connectivity index (χ1v) is 14.0. The van der Waals surface area contributed by atoms with Gasteiger partial charge in [0, 0.05) is 22.2 Å². The Morgan fingerprint density at radius 2 is 1.44 bits per heavy atom. The molecule has 3 heteroatoms. The van der Waals surface area contributed by atoms with Crippen LogP contribution >= 0.6 is 0 Å². The van der Waals surface area contributed by atoms with Gasteiger partial charge < -0.3 is 4.90 Å². The normalized spacial score (nSPS) is 14.0. The maximum absolute atomic E-state index is 13.4. The number of ketones is 1. The number of nitrogens with zero attached hydrogens (tertiary/aromatic N) is 1. The Balaban J connectivity index is 1.46. The van der Waals surface area contributed by atoms with Gasteiger partial charge in [-0.1, -0.05) is 62.4 Å². The molecule has 6 rings (SSSR count). The molecule has 41 heavy (non-hydrogen) atoms.